The van der Waals surface area contributed by atoms with Gasteiger partial charge in [0.05, 0.1) is 11.2 Å². The van der Waals surface area contributed by atoms with Crippen LogP contribution in [0.2, 0.25) is 0 Å². The topological polar surface area (TPSA) is 12.9 Å². The molecule has 1 nitrogen and oxygen atoms in total. The van der Waals surface area contributed by atoms with Crippen molar-refractivity contribution >= 4 is 43.2 Å². The molecule has 13 rings (SSSR count). The van der Waals surface area contributed by atoms with Crippen LogP contribution in [0.25, 0.3) is 132 Å². The molecule has 1 heteroatoms. The molecule has 0 amide bonds. The Bertz CT molecular complexity index is 3540. The molecule has 0 fully saturated rings. The first kappa shape index (κ1) is 31.6. The van der Waals surface area contributed by atoms with Crippen molar-refractivity contribution in [2.45, 2.75) is 0 Å². The maximum Gasteiger partial charge on any atom is 0.0709 e. The van der Waals surface area contributed by atoms with E-state index in [1.54, 1.807) is 0 Å². The molecular weight excluding hydrogens is 699 g/mol. The third-order valence-corrected chi connectivity index (χ3v) is 12.7. The molecule has 11 aromatic rings. The Morgan fingerprint density at radius 2 is 0.862 bits per heavy atom. The van der Waals surface area contributed by atoms with Crippen molar-refractivity contribution < 1.29 is 0 Å². The summed E-state index contributed by atoms with van der Waals surface area (Å²) in [7, 11) is 0. The van der Waals surface area contributed by atoms with E-state index < -0.39 is 0 Å². The predicted octanol–water partition coefficient (Wildman–Crippen LogP) is 15.7. The summed E-state index contributed by atoms with van der Waals surface area (Å²) < 4.78 is 0. The summed E-state index contributed by atoms with van der Waals surface area (Å²) in [6, 6.07) is 73.9. The van der Waals surface area contributed by atoms with Gasteiger partial charge in [-0.3, -0.25) is 0 Å². The van der Waals surface area contributed by atoms with E-state index >= 15 is 0 Å². The van der Waals surface area contributed by atoms with Crippen LogP contribution >= 0.6 is 0 Å². The second-order valence-electron chi connectivity index (χ2n) is 15.7. The standard InChI is InChI=1S/C57H33N/c1-3-13-36(14-4-1)53-45-28-25-39(51-31-26-34-12-7-8-23-50(34)58-51)33-49(45)54(37-15-5-2-6-16-37)56-46-22-11-21-42-40(29-30-47(55(42)46)57(53)56)38-24-27-41-43-19-9-17-35-18-10-20-44(52(35)43)48(41)32-38/h1-33H. The van der Waals surface area contributed by atoms with Gasteiger partial charge in [-0.15, -0.1) is 0 Å². The van der Waals surface area contributed by atoms with Gasteiger partial charge in [0.2, 0.25) is 0 Å². The fourth-order valence-corrected chi connectivity index (χ4v) is 10.3. The van der Waals surface area contributed by atoms with E-state index in [1.165, 1.54) is 110 Å². The van der Waals surface area contributed by atoms with Crippen LogP contribution in [0.15, 0.2) is 200 Å². The lowest BCUT2D eigenvalue weighted by atomic mass is 9.82. The molecule has 10 aromatic carbocycles. The molecular formula is C57H33N. The predicted molar refractivity (Wildman–Crippen MR) is 245 cm³/mol. The monoisotopic (exact) mass is 731 g/mol. The van der Waals surface area contributed by atoms with Crippen LogP contribution in [-0.2, 0) is 0 Å². The highest BCUT2D eigenvalue weighted by Crippen LogP contribution is 2.59. The van der Waals surface area contributed by atoms with Crippen LogP contribution in [0, 0.1) is 0 Å². The minimum Gasteiger partial charge on any atom is -0.248 e. The van der Waals surface area contributed by atoms with Crippen molar-refractivity contribution in [3.8, 4) is 89.1 Å². The van der Waals surface area contributed by atoms with E-state index in [1.807, 2.05) is 0 Å². The summed E-state index contributed by atoms with van der Waals surface area (Å²) in [6.07, 6.45) is 0. The number of hydrogen-bond donors (Lipinski definition) is 0. The SMILES string of the molecule is c1ccc(-c2c3c(c(-c4ccccc4)c4cc(-c5ccc6ccccc6n5)ccc24)-c2cccc4c(-c5ccc6c(c5)-c5cccc7cccc-6c57)ccc-3c24)cc1. The summed E-state index contributed by atoms with van der Waals surface area (Å²) in [5.74, 6) is 0. The molecule has 0 saturated heterocycles. The minimum absolute atomic E-state index is 0.977. The maximum atomic E-state index is 5.15. The molecule has 2 aliphatic rings. The third kappa shape index (κ3) is 4.39. The fourth-order valence-electron chi connectivity index (χ4n) is 10.3. The Morgan fingerprint density at radius 3 is 1.66 bits per heavy atom. The van der Waals surface area contributed by atoms with Crippen LogP contribution in [0.5, 0.6) is 0 Å². The number of nitrogens with zero attached hydrogens (tertiary/aromatic N) is 1. The van der Waals surface area contributed by atoms with Gasteiger partial charge in [0.25, 0.3) is 0 Å². The van der Waals surface area contributed by atoms with Crippen LogP contribution in [-0.4, -0.2) is 4.98 Å². The van der Waals surface area contributed by atoms with Crippen molar-refractivity contribution in [1.82, 2.24) is 4.98 Å². The van der Waals surface area contributed by atoms with Gasteiger partial charge in [-0.1, -0.05) is 176 Å². The average Bonchev–Trinajstić information content (AvgIpc) is 3.80. The molecule has 1 heterocycles. The van der Waals surface area contributed by atoms with Gasteiger partial charge in [0.15, 0.2) is 0 Å². The first-order chi connectivity index (χ1) is 28.8. The molecule has 0 atom stereocenters. The molecule has 0 bridgehead atoms. The van der Waals surface area contributed by atoms with Crippen LogP contribution in [0.1, 0.15) is 0 Å². The zero-order valence-corrected chi connectivity index (χ0v) is 31.5. The van der Waals surface area contributed by atoms with Gasteiger partial charge < -0.3 is 0 Å². The number of benzene rings is 10. The molecule has 1 aromatic heterocycles. The Kier molecular flexibility index (Phi) is 6.50. The summed E-state index contributed by atoms with van der Waals surface area (Å²) in [4.78, 5) is 5.15. The van der Waals surface area contributed by atoms with E-state index in [0.29, 0.717) is 0 Å². The zero-order chi connectivity index (χ0) is 37.9. The smallest absolute Gasteiger partial charge is 0.0709 e. The molecule has 0 spiro atoms. The summed E-state index contributed by atoms with van der Waals surface area (Å²) in [5, 5.41) is 8.88. The normalized spacial score (nSPS) is 12.1. The van der Waals surface area contributed by atoms with E-state index in [-0.39, 0.29) is 0 Å². The Morgan fingerprint density at radius 1 is 0.259 bits per heavy atom. The molecule has 266 valence electrons. The van der Waals surface area contributed by atoms with E-state index in [2.05, 4.69) is 200 Å². The first-order valence-corrected chi connectivity index (χ1v) is 20.1. The number of pyridine rings is 1. The summed E-state index contributed by atoms with van der Waals surface area (Å²) in [5.41, 5.74) is 21.1. The highest BCUT2D eigenvalue weighted by atomic mass is 14.7. The largest absolute Gasteiger partial charge is 0.248 e. The Labute approximate surface area is 336 Å². The molecule has 0 radical (unpaired) electrons. The third-order valence-electron chi connectivity index (χ3n) is 12.7. The lowest BCUT2D eigenvalue weighted by Crippen LogP contribution is -1.94. The lowest BCUT2D eigenvalue weighted by molar-refractivity contribution is 1.40. The highest BCUT2D eigenvalue weighted by Gasteiger charge is 2.32. The van der Waals surface area contributed by atoms with Crippen molar-refractivity contribution in [3.05, 3.63) is 200 Å². The summed E-state index contributed by atoms with van der Waals surface area (Å²) >= 11 is 0. The molecule has 0 unspecified atom stereocenters. The molecule has 2 aliphatic carbocycles. The van der Waals surface area contributed by atoms with Gasteiger partial charge in [0.1, 0.15) is 0 Å². The molecule has 0 aliphatic heterocycles. The molecule has 0 saturated carbocycles. The van der Waals surface area contributed by atoms with Crippen molar-refractivity contribution in [2.24, 2.45) is 0 Å². The van der Waals surface area contributed by atoms with Crippen molar-refractivity contribution in [3.63, 3.8) is 0 Å². The van der Waals surface area contributed by atoms with Gasteiger partial charge >= 0.3 is 0 Å². The van der Waals surface area contributed by atoms with E-state index in [4.69, 9.17) is 4.98 Å². The maximum absolute atomic E-state index is 5.15. The first-order valence-electron chi connectivity index (χ1n) is 20.1. The van der Waals surface area contributed by atoms with E-state index in [0.717, 1.165) is 22.2 Å². The van der Waals surface area contributed by atoms with Crippen LogP contribution in [0.3, 0.4) is 0 Å². The number of hydrogen-bond acceptors (Lipinski definition) is 1. The van der Waals surface area contributed by atoms with Crippen LogP contribution in [0.4, 0.5) is 0 Å². The quantitative estimate of drug-likeness (QED) is 0.176. The van der Waals surface area contributed by atoms with Gasteiger partial charge in [-0.2, -0.15) is 0 Å². The lowest BCUT2D eigenvalue weighted by Gasteiger charge is -2.21. The molecule has 0 N–H and O–H groups in total. The average molecular weight is 732 g/mol. The van der Waals surface area contributed by atoms with Crippen molar-refractivity contribution in [1.29, 1.82) is 0 Å². The van der Waals surface area contributed by atoms with Crippen LogP contribution < -0.4 is 0 Å². The van der Waals surface area contributed by atoms with Gasteiger partial charge in [0, 0.05) is 10.9 Å². The number of para-hydroxylation sites is 1. The highest BCUT2D eigenvalue weighted by molar-refractivity contribution is 6.29. The minimum atomic E-state index is 0.977. The summed E-state index contributed by atoms with van der Waals surface area (Å²) in [6.45, 7) is 0. The van der Waals surface area contributed by atoms with Gasteiger partial charge in [-0.25, -0.2) is 4.98 Å². The zero-order valence-electron chi connectivity index (χ0n) is 31.5. The number of aromatic nitrogens is 1. The molecule has 58 heavy (non-hydrogen) atoms. The van der Waals surface area contributed by atoms with E-state index in [9.17, 15) is 0 Å². The van der Waals surface area contributed by atoms with Gasteiger partial charge in [-0.05, 0) is 134 Å². The number of fused-ring (bicyclic) bond motifs is 8. The van der Waals surface area contributed by atoms with Crippen molar-refractivity contribution in [2.75, 3.05) is 0 Å². The number of rotatable bonds is 4. The Balaban J connectivity index is 1.10. The Hall–Kier alpha value is -7.61. The second-order valence-corrected chi connectivity index (χ2v) is 15.7. The fraction of sp³-hybridized carbons (Fsp3) is 0. The second kappa shape index (κ2) is 11.9.